The van der Waals surface area contributed by atoms with E-state index in [0.29, 0.717) is 6.42 Å². The van der Waals surface area contributed by atoms with Crippen molar-refractivity contribution in [3.8, 4) is 0 Å². The summed E-state index contributed by atoms with van der Waals surface area (Å²) >= 11 is 0. The summed E-state index contributed by atoms with van der Waals surface area (Å²) in [6.07, 6.45) is 1.48. The highest BCUT2D eigenvalue weighted by molar-refractivity contribution is 5.73. The van der Waals surface area contributed by atoms with Crippen molar-refractivity contribution < 1.29 is 13.9 Å². The molecule has 0 aliphatic heterocycles. The van der Waals surface area contributed by atoms with E-state index in [9.17, 15) is 14.0 Å². The minimum atomic E-state index is -0.827. The van der Waals surface area contributed by atoms with E-state index in [1.54, 1.807) is 6.92 Å². The molecule has 4 nitrogen and oxygen atoms in total. The van der Waals surface area contributed by atoms with Crippen LogP contribution >= 0.6 is 0 Å². The van der Waals surface area contributed by atoms with E-state index in [1.807, 2.05) is 6.92 Å². The first-order valence-corrected chi connectivity index (χ1v) is 5.54. The number of pyridine rings is 1. The van der Waals surface area contributed by atoms with Crippen LogP contribution < -0.4 is 5.56 Å². The molecule has 5 heteroatoms. The molecule has 94 valence electrons. The van der Waals surface area contributed by atoms with Crippen molar-refractivity contribution in [3.05, 3.63) is 34.5 Å². The first kappa shape index (κ1) is 13.4. The molecule has 0 N–H and O–H groups in total. The smallest absolute Gasteiger partial charge is 0.329 e. The molecule has 1 aromatic rings. The number of nitrogens with zero attached hydrogens (tertiary/aromatic N) is 1. The van der Waals surface area contributed by atoms with Gasteiger partial charge in [-0.2, -0.15) is 0 Å². The first-order valence-electron chi connectivity index (χ1n) is 5.54. The Balaban J connectivity index is 2.88. The largest absolute Gasteiger partial charge is 0.461 e. The zero-order chi connectivity index (χ0) is 13.0. The molecule has 17 heavy (non-hydrogen) atoms. The van der Waals surface area contributed by atoms with Crippen LogP contribution in [0.25, 0.3) is 0 Å². The van der Waals surface area contributed by atoms with Crippen LogP contribution in [0.15, 0.2) is 23.1 Å². The number of rotatable bonds is 4. The van der Waals surface area contributed by atoms with Crippen molar-refractivity contribution in [1.82, 2.24) is 4.57 Å². The predicted octanol–water partition coefficient (Wildman–Crippen LogP) is 1.89. The molecule has 0 aliphatic rings. The summed E-state index contributed by atoms with van der Waals surface area (Å²) in [5.74, 6) is -1.10. The highest BCUT2D eigenvalue weighted by atomic mass is 19.1. The first-order chi connectivity index (χ1) is 7.95. The van der Waals surface area contributed by atoms with Gasteiger partial charge in [0, 0.05) is 12.3 Å². The minimum absolute atomic E-state index is 0.214. The molecule has 0 aromatic carbocycles. The normalized spacial score (nSPS) is 14.1. The fraction of sp³-hybridized carbons (Fsp3) is 0.500. The third-order valence-electron chi connectivity index (χ3n) is 2.55. The summed E-state index contributed by atoms with van der Waals surface area (Å²) in [7, 11) is 0. The van der Waals surface area contributed by atoms with E-state index in [4.69, 9.17) is 4.74 Å². The number of hydrogen-bond acceptors (Lipinski definition) is 3. The highest BCUT2D eigenvalue weighted by Crippen LogP contribution is 2.09. The molecule has 0 radical (unpaired) electrons. The van der Waals surface area contributed by atoms with Crippen LogP contribution in [0.2, 0.25) is 0 Å². The molecule has 2 atom stereocenters. The average Bonchev–Trinajstić information content (AvgIpc) is 2.31. The number of ether oxygens (including phenoxy) is 1. The van der Waals surface area contributed by atoms with Crippen LogP contribution in [0.4, 0.5) is 4.39 Å². The van der Waals surface area contributed by atoms with Crippen molar-refractivity contribution in [1.29, 1.82) is 0 Å². The van der Waals surface area contributed by atoms with Crippen molar-refractivity contribution in [3.63, 3.8) is 0 Å². The lowest BCUT2D eigenvalue weighted by atomic mass is 10.3. The van der Waals surface area contributed by atoms with Crippen molar-refractivity contribution in [2.45, 2.75) is 39.3 Å². The van der Waals surface area contributed by atoms with Crippen LogP contribution in [0.1, 0.15) is 33.2 Å². The molecular weight excluding hydrogens is 225 g/mol. The molecule has 0 fully saturated rings. The minimum Gasteiger partial charge on any atom is -0.461 e. The maximum absolute atomic E-state index is 13.0. The van der Waals surface area contributed by atoms with Crippen LogP contribution in [-0.4, -0.2) is 16.6 Å². The number of carbonyl (C=O) groups excluding carboxylic acids is 1. The molecule has 0 saturated heterocycles. The van der Waals surface area contributed by atoms with Gasteiger partial charge in [0.05, 0.1) is 6.10 Å². The summed E-state index contributed by atoms with van der Waals surface area (Å²) in [6, 6.07) is 1.32. The summed E-state index contributed by atoms with van der Waals surface area (Å²) in [4.78, 5) is 23.1. The lowest BCUT2D eigenvalue weighted by Crippen LogP contribution is -2.30. The van der Waals surface area contributed by atoms with E-state index in [2.05, 4.69) is 0 Å². The van der Waals surface area contributed by atoms with Gasteiger partial charge in [0.1, 0.15) is 11.9 Å². The zero-order valence-electron chi connectivity index (χ0n) is 10.1. The third-order valence-corrected chi connectivity index (χ3v) is 2.55. The van der Waals surface area contributed by atoms with Crippen molar-refractivity contribution in [2.75, 3.05) is 0 Å². The molecule has 0 bridgehead atoms. The van der Waals surface area contributed by atoms with Crippen molar-refractivity contribution in [2.24, 2.45) is 0 Å². The topological polar surface area (TPSA) is 48.3 Å². The molecule has 0 aliphatic carbocycles. The summed E-state index contributed by atoms with van der Waals surface area (Å²) in [6.45, 7) is 5.15. The second-order valence-corrected chi connectivity index (χ2v) is 3.92. The Hall–Kier alpha value is -1.65. The SMILES string of the molecule is CCC(C)OC(=O)C(C)n1cc(F)ccc1=O. The number of esters is 1. The van der Waals surface area contributed by atoms with Gasteiger partial charge in [0.2, 0.25) is 0 Å². The van der Waals surface area contributed by atoms with Gasteiger partial charge in [-0.1, -0.05) is 6.92 Å². The summed E-state index contributed by atoms with van der Waals surface area (Å²) in [5, 5.41) is 0. The maximum atomic E-state index is 13.0. The fourth-order valence-electron chi connectivity index (χ4n) is 1.27. The van der Waals surface area contributed by atoms with Gasteiger partial charge in [-0.05, 0) is 26.3 Å². The lowest BCUT2D eigenvalue weighted by Gasteiger charge is -2.17. The Labute approximate surface area is 99.0 Å². The number of hydrogen-bond donors (Lipinski definition) is 0. The molecular formula is C12H16FNO3. The second-order valence-electron chi connectivity index (χ2n) is 3.92. The third kappa shape index (κ3) is 3.41. The van der Waals surface area contributed by atoms with Crippen LogP contribution in [-0.2, 0) is 9.53 Å². The monoisotopic (exact) mass is 241 g/mol. The van der Waals surface area contributed by atoms with Gasteiger partial charge in [-0.15, -0.1) is 0 Å². The summed E-state index contributed by atoms with van der Waals surface area (Å²) < 4.78 is 19.1. The van der Waals surface area contributed by atoms with Gasteiger partial charge in [-0.3, -0.25) is 9.36 Å². The standard InChI is InChI=1S/C12H16FNO3/c1-4-8(2)17-12(16)9(3)14-7-10(13)5-6-11(14)15/h5-9H,4H2,1-3H3. The van der Waals surface area contributed by atoms with Gasteiger partial charge < -0.3 is 4.74 Å². The van der Waals surface area contributed by atoms with Crippen molar-refractivity contribution >= 4 is 5.97 Å². The molecule has 1 heterocycles. The van der Waals surface area contributed by atoms with Gasteiger partial charge >= 0.3 is 5.97 Å². The Morgan fingerprint density at radius 3 is 2.71 bits per heavy atom. The Morgan fingerprint density at radius 2 is 2.12 bits per heavy atom. The van der Waals surface area contributed by atoms with E-state index in [-0.39, 0.29) is 6.10 Å². The van der Waals surface area contributed by atoms with E-state index in [1.165, 1.54) is 6.92 Å². The van der Waals surface area contributed by atoms with Gasteiger partial charge in [0.25, 0.3) is 5.56 Å². The maximum Gasteiger partial charge on any atom is 0.329 e. The number of halogens is 1. The second kappa shape index (κ2) is 5.61. The van der Waals surface area contributed by atoms with E-state index < -0.39 is 23.4 Å². The molecule has 0 spiro atoms. The Morgan fingerprint density at radius 1 is 1.47 bits per heavy atom. The molecule has 2 unspecified atom stereocenters. The average molecular weight is 241 g/mol. The number of aromatic nitrogens is 1. The van der Waals surface area contributed by atoms with Gasteiger partial charge in [0.15, 0.2) is 0 Å². The highest BCUT2D eigenvalue weighted by Gasteiger charge is 2.19. The number of carbonyl (C=O) groups is 1. The van der Waals surface area contributed by atoms with Gasteiger partial charge in [-0.25, -0.2) is 9.18 Å². The van der Waals surface area contributed by atoms with Crippen LogP contribution in [0.5, 0.6) is 0 Å². The quantitative estimate of drug-likeness (QED) is 0.756. The fourth-order valence-corrected chi connectivity index (χ4v) is 1.27. The Bertz CT molecular complexity index is 455. The molecule has 1 aromatic heterocycles. The molecule has 1 rings (SSSR count). The molecule has 0 saturated carbocycles. The van der Waals surface area contributed by atoms with E-state index >= 15 is 0 Å². The van der Waals surface area contributed by atoms with Crippen LogP contribution in [0.3, 0.4) is 0 Å². The predicted molar refractivity (Wildman–Crippen MR) is 61.2 cm³/mol. The zero-order valence-corrected chi connectivity index (χ0v) is 10.1. The molecule has 0 amide bonds. The lowest BCUT2D eigenvalue weighted by molar-refractivity contribution is -0.152. The van der Waals surface area contributed by atoms with Crippen LogP contribution in [0, 0.1) is 5.82 Å². The van der Waals surface area contributed by atoms with E-state index in [0.717, 1.165) is 22.9 Å². The Kier molecular flexibility index (Phi) is 4.43. The summed E-state index contributed by atoms with van der Waals surface area (Å²) in [5.41, 5.74) is -0.431.